The summed E-state index contributed by atoms with van der Waals surface area (Å²) in [5.74, 6) is 0.335. The van der Waals surface area contributed by atoms with Crippen LogP contribution in [0.1, 0.15) is 0 Å². The van der Waals surface area contributed by atoms with Gasteiger partial charge in [0.25, 0.3) is 0 Å². The van der Waals surface area contributed by atoms with Crippen LogP contribution >= 0.6 is 11.6 Å². The van der Waals surface area contributed by atoms with Crippen LogP contribution < -0.4 is 5.32 Å². The molecule has 23 heavy (non-hydrogen) atoms. The summed E-state index contributed by atoms with van der Waals surface area (Å²) < 4.78 is 31.1. The number of rotatable bonds is 4. The van der Waals surface area contributed by atoms with Gasteiger partial charge < -0.3 is 9.73 Å². The van der Waals surface area contributed by atoms with Gasteiger partial charge in [-0.1, -0.05) is 29.8 Å². The molecule has 0 atom stereocenters. The van der Waals surface area contributed by atoms with E-state index < -0.39 is 9.84 Å². The van der Waals surface area contributed by atoms with E-state index in [0.29, 0.717) is 10.6 Å². The minimum atomic E-state index is -3.81. The van der Waals surface area contributed by atoms with Crippen LogP contribution in [0.2, 0.25) is 5.02 Å². The summed E-state index contributed by atoms with van der Waals surface area (Å²) in [4.78, 5) is 4.27. The van der Waals surface area contributed by atoms with E-state index in [1.54, 1.807) is 19.2 Å². The van der Waals surface area contributed by atoms with Crippen LogP contribution in [-0.4, -0.2) is 20.4 Å². The average molecular weight is 349 g/mol. The Bertz CT molecular complexity index is 920. The van der Waals surface area contributed by atoms with Crippen molar-refractivity contribution in [2.45, 2.75) is 9.92 Å². The lowest BCUT2D eigenvalue weighted by molar-refractivity contribution is 0.580. The van der Waals surface area contributed by atoms with Crippen LogP contribution in [0.25, 0.3) is 11.5 Å². The maximum atomic E-state index is 12.8. The number of nitrogens with one attached hydrogen (secondary N) is 1. The molecule has 0 amide bonds. The van der Waals surface area contributed by atoms with E-state index in [-0.39, 0.29) is 21.7 Å². The van der Waals surface area contributed by atoms with Gasteiger partial charge in [0.2, 0.25) is 26.6 Å². The molecule has 1 N–H and O–H groups in total. The number of anilines is 1. The predicted molar refractivity (Wildman–Crippen MR) is 88.4 cm³/mol. The molecule has 0 fully saturated rings. The Morgan fingerprint density at radius 1 is 1.04 bits per heavy atom. The fourth-order valence-electron chi connectivity index (χ4n) is 2.08. The zero-order chi connectivity index (χ0) is 16.4. The number of nitrogens with zero attached hydrogens (tertiary/aromatic N) is 1. The van der Waals surface area contributed by atoms with Gasteiger partial charge in [-0.2, -0.15) is 4.98 Å². The Balaban J connectivity index is 2.12. The largest absolute Gasteiger partial charge is 0.419 e. The van der Waals surface area contributed by atoms with Crippen molar-refractivity contribution in [2.75, 3.05) is 12.4 Å². The molecule has 1 aromatic heterocycles. The number of benzene rings is 2. The minimum absolute atomic E-state index is 0.0961. The van der Waals surface area contributed by atoms with E-state index in [9.17, 15) is 8.42 Å². The van der Waals surface area contributed by atoms with Crippen LogP contribution in [0.3, 0.4) is 0 Å². The Hall–Kier alpha value is -2.31. The summed E-state index contributed by atoms with van der Waals surface area (Å²) in [5, 5.41) is 3.05. The number of halogens is 1. The molecular weight excluding hydrogens is 336 g/mol. The van der Waals surface area contributed by atoms with Gasteiger partial charge in [-0.15, -0.1) is 0 Å². The molecule has 118 valence electrons. The second-order valence-electron chi connectivity index (χ2n) is 4.73. The van der Waals surface area contributed by atoms with Crippen molar-refractivity contribution in [2.24, 2.45) is 0 Å². The molecule has 0 aliphatic heterocycles. The van der Waals surface area contributed by atoms with Crippen molar-refractivity contribution in [3.05, 3.63) is 59.6 Å². The molecule has 0 radical (unpaired) electrons. The van der Waals surface area contributed by atoms with Gasteiger partial charge in [0, 0.05) is 17.6 Å². The maximum absolute atomic E-state index is 12.8. The molecule has 2 aromatic carbocycles. The Kier molecular flexibility index (Phi) is 4.11. The normalized spacial score (nSPS) is 11.4. The summed E-state index contributed by atoms with van der Waals surface area (Å²) >= 11 is 5.81. The second kappa shape index (κ2) is 6.06. The standard InChI is InChI=1S/C16H13ClN2O3S/c1-18-15-16(19-14(22-15)11-5-3-2-4-6-11)23(20,21)13-9-7-12(17)8-10-13/h2-10,18H,1H3. The lowest BCUT2D eigenvalue weighted by Gasteiger charge is -2.02. The molecule has 0 bridgehead atoms. The summed E-state index contributed by atoms with van der Waals surface area (Å²) in [6, 6.07) is 15.0. The molecule has 0 aliphatic rings. The molecule has 3 rings (SSSR count). The summed E-state index contributed by atoms with van der Waals surface area (Å²) in [7, 11) is -2.23. The Labute approximate surface area is 138 Å². The van der Waals surface area contributed by atoms with Crippen molar-refractivity contribution in [3.8, 4) is 11.5 Å². The number of sulfone groups is 1. The second-order valence-corrected chi connectivity index (χ2v) is 7.03. The summed E-state index contributed by atoms with van der Waals surface area (Å²) in [6.45, 7) is 0. The maximum Gasteiger partial charge on any atom is 0.233 e. The molecule has 7 heteroatoms. The van der Waals surface area contributed by atoms with Gasteiger partial charge in [0.15, 0.2) is 0 Å². The van der Waals surface area contributed by atoms with E-state index in [0.717, 1.165) is 0 Å². The lowest BCUT2D eigenvalue weighted by atomic mass is 10.2. The highest BCUT2D eigenvalue weighted by atomic mass is 35.5. The highest BCUT2D eigenvalue weighted by molar-refractivity contribution is 7.91. The molecule has 5 nitrogen and oxygen atoms in total. The molecular formula is C16H13ClN2O3S. The first-order chi connectivity index (χ1) is 11.0. The first-order valence-corrected chi connectivity index (χ1v) is 8.63. The van der Waals surface area contributed by atoms with Crippen LogP contribution in [0.15, 0.2) is 68.9 Å². The van der Waals surface area contributed by atoms with E-state index in [2.05, 4.69) is 10.3 Å². The van der Waals surface area contributed by atoms with Crippen molar-refractivity contribution in [3.63, 3.8) is 0 Å². The number of hydrogen-bond donors (Lipinski definition) is 1. The van der Waals surface area contributed by atoms with Crippen LogP contribution in [-0.2, 0) is 9.84 Å². The molecule has 0 spiro atoms. The fraction of sp³-hybridized carbons (Fsp3) is 0.0625. The van der Waals surface area contributed by atoms with E-state index in [4.69, 9.17) is 16.0 Å². The van der Waals surface area contributed by atoms with Crippen molar-refractivity contribution in [1.82, 2.24) is 4.98 Å². The van der Waals surface area contributed by atoms with Gasteiger partial charge in [-0.25, -0.2) is 8.42 Å². The molecule has 0 saturated heterocycles. The number of hydrogen-bond acceptors (Lipinski definition) is 5. The van der Waals surface area contributed by atoms with Crippen molar-refractivity contribution < 1.29 is 12.8 Å². The van der Waals surface area contributed by atoms with Crippen molar-refractivity contribution in [1.29, 1.82) is 0 Å². The van der Waals surface area contributed by atoms with Gasteiger partial charge in [-0.05, 0) is 36.4 Å². The minimum Gasteiger partial charge on any atom is -0.419 e. The topological polar surface area (TPSA) is 72.2 Å². The highest BCUT2D eigenvalue weighted by Gasteiger charge is 2.27. The van der Waals surface area contributed by atoms with Crippen LogP contribution in [0.4, 0.5) is 5.88 Å². The fourth-order valence-corrected chi connectivity index (χ4v) is 3.51. The number of oxazole rings is 1. The van der Waals surface area contributed by atoms with E-state index in [1.165, 1.54) is 24.3 Å². The summed E-state index contributed by atoms with van der Waals surface area (Å²) in [5.41, 5.74) is 0.696. The van der Waals surface area contributed by atoms with Gasteiger partial charge in [0.05, 0.1) is 4.90 Å². The zero-order valence-corrected chi connectivity index (χ0v) is 13.7. The highest BCUT2D eigenvalue weighted by Crippen LogP contribution is 2.32. The molecule has 3 aromatic rings. The van der Waals surface area contributed by atoms with Crippen LogP contribution in [0.5, 0.6) is 0 Å². The first kappa shape index (κ1) is 15.6. The average Bonchev–Trinajstić information content (AvgIpc) is 3.01. The first-order valence-electron chi connectivity index (χ1n) is 6.77. The Morgan fingerprint density at radius 2 is 1.70 bits per heavy atom. The van der Waals surface area contributed by atoms with Crippen molar-refractivity contribution >= 4 is 27.3 Å². The Morgan fingerprint density at radius 3 is 2.30 bits per heavy atom. The van der Waals surface area contributed by atoms with Gasteiger partial charge >= 0.3 is 0 Å². The molecule has 0 unspecified atom stereocenters. The quantitative estimate of drug-likeness (QED) is 0.774. The lowest BCUT2D eigenvalue weighted by Crippen LogP contribution is -2.05. The van der Waals surface area contributed by atoms with Gasteiger partial charge in [-0.3, -0.25) is 0 Å². The zero-order valence-electron chi connectivity index (χ0n) is 12.2. The third kappa shape index (κ3) is 2.95. The monoisotopic (exact) mass is 348 g/mol. The van der Waals surface area contributed by atoms with E-state index >= 15 is 0 Å². The molecule has 1 heterocycles. The van der Waals surface area contributed by atoms with Crippen LogP contribution in [0, 0.1) is 0 Å². The third-order valence-corrected chi connectivity index (χ3v) is 5.15. The van der Waals surface area contributed by atoms with E-state index in [1.807, 2.05) is 18.2 Å². The predicted octanol–water partition coefficient (Wildman–Crippen LogP) is 3.87. The smallest absolute Gasteiger partial charge is 0.233 e. The third-order valence-electron chi connectivity index (χ3n) is 3.22. The SMILES string of the molecule is CNc1oc(-c2ccccc2)nc1S(=O)(=O)c1ccc(Cl)cc1. The van der Waals surface area contributed by atoms with Gasteiger partial charge in [0.1, 0.15) is 0 Å². The number of aromatic nitrogens is 1. The molecule has 0 aliphatic carbocycles. The summed E-state index contributed by atoms with van der Waals surface area (Å²) in [6.07, 6.45) is 0. The molecule has 0 saturated carbocycles.